The van der Waals surface area contributed by atoms with Crippen molar-refractivity contribution in [3.8, 4) is 0 Å². The van der Waals surface area contributed by atoms with Gasteiger partial charge in [0.2, 0.25) is 0 Å². The van der Waals surface area contributed by atoms with Gasteiger partial charge >= 0.3 is 0 Å². The van der Waals surface area contributed by atoms with Crippen molar-refractivity contribution in [3.05, 3.63) is 71.8 Å². The Hall–Kier alpha value is -2.68. The van der Waals surface area contributed by atoms with Crippen LogP contribution in [0.2, 0.25) is 5.82 Å². The average molecular weight is 520 g/mol. The van der Waals surface area contributed by atoms with Crippen molar-refractivity contribution < 1.29 is 0 Å². The van der Waals surface area contributed by atoms with Crippen LogP contribution in [0.5, 0.6) is 0 Å². The van der Waals surface area contributed by atoms with E-state index in [2.05, 4.69) is 113 Å². The molecule has 12 atom stereocenters. The number of hydrogen-bond donors (Lipinski definition) is 3. The van der Waals surface area contributed by atoms with Gasteiger partial charge in [0.15, 0.2) is 6.71 Å². The van der Waals surface area contributed by atoms with E-state index in [1.165, 1.54) is 11.1 Å². The van der Waals surface area contributed by atoms with Crippen LogP contribution in [-0.2, 0) is 0 Å². The molecule has 0 saturated carbocycles. The molecule has 200 valence electrons. The van der Waals surface area contributed by atoms with E-state index in [0.29, 0.717) is 84.8 Å². The van der Waals surface area contributed by atoms with E-state index in [4.69, 9.17) is 9.98 Å². The Morgan fingerprint density at radius 2 is 1.10 bits per heavy atom. The van der Waals surface area contributed by atoms with Crippen molar-refractivity contribution in [1.82, 2.24) is 25.8 Å². The van der Waals surface area contributed by atoms with E-state index < -0.39 is 0 Å². The zero-order chi connectivity index (χ0) is 25.8. The second-order valence-electron chi connectivity index (χ2n) is 13.2. The third-order valence-electron chi connectivity index (χ3n) is 11.4. The zero-order valence-electron chi connectivity index (χ0n) is 22.7. The van der Waals surface area contributed by atoms with Crippen molar-refractivity contribution in [2.75, 3.05) is 0 Å². The summed E-state index contributed by atoms with van der Waals surface area (Å²) in [5.41, 5.74) is 2.79. The highest BCUT2D eigenvalue weighted by molar-refractivity contribution is 6.65. The summed E-state index contributed by atoms with van der Waals surface area (Å²) < 4.78 is 0. The monoisotopic (exact) mass is 519 g/mol. The highest BCUT2D eigenvalue weighted by Gasteiger charge is 2.69. The fourth-order valence-corrected chi connectivity index (χ4v) is 10.2. The van der Waals surface area contributed by atoms with Crippen LogP contribution >= 0.6 is 0 Å². The maximum absolute atomic E-state index is 5.22. The first-order valence-corrected chi connectivity index (χ1v) is 15.2. The van der Waals surface area contributed by atoms with Crippen molar-refractivity contribution >= 4 is 19.4 Å². The summed E-state index contributed by atoms with van der Waals surface area (Å²) in [5.74, 6) is 1.29. The Bertz CT molecular complexity index is 1210. The molecule has 0 bridgehead atoms. The van der Waals surface area contributed by atoms with Gasteiger partial charge in [-0.3, -0.25) is 9.98 Å². The van der Waals surface area contributed by atoms with E-state index in [0.717, 1.165) is 12.8 Å². The van der Waals surface area contributed by atoms with Crippen LogP contribution in [0.1, 0.15) is 49.9 Å². The molecule has 0 radical (unpaired) electrons. The number of nitrogens with one attached hydrogen (secondary N) is 3. The molecule has 9 rings (SSSR count). The highest BCUT2D eigenvalue weighted by atomic mass is 15.4. The Balaban J connectivity index is 1.17. The molecule has 0 aliphatic carbocycles. The minimum atomic E-state index is 0.336. The van der Waals surface area contributed by atoms with E-state index in [9.17, 15) is 0 Å². The summed E-state index contributed by atoms with van der Waals surface area (Å²) in [6, 6.07) is 26.1. The summed E-state index contributed by atoms with van der Waals surface area (Å²) in [4.78, 5) is 15.8. The van der Waals surface area contributed by atoms with Gasteiger partial charge in [0, 0.05) is 48.1 Å². The predicted molar refractivity (Wildman–Crippen MR) is 156 cm³/mol. The van der Waals surface area contributed by atoms with E-state index in [1.807, 2.05) is 0 Å². The number of aliphatic imine (C=N–C) groups is 2. The zero-order valence-corrected chi connectivity index (χ0v) is 22.7. The lowest BCUT2D eigenvalue weighted by Crippen LogP contribution is -2.87. The van der Waals surface area contributed by atoms with E-state index >= 15 is 0 Å². The molecule has 12 unspecified atom stereocenters. The highest BCUT2D eigenvalue weighted by Crippen LogP contribution is 2.53. The molecule has 39 heavy (non-hydrogen) atoms. The molecule has 0 aromatic heterocycles. The smallest absolute Gasteiger partial charge is 0.193 e. The van der Waals surface area contributed by atoms with Gasteiger partial charge < -0.3 is 25.8 Å². The molecule has 8 heteroatoms. The molecule has 3 N–H and O–H groups in total. The number of piperidine rings is 3. The van der Waals surface area contributed by atoms with Gasteiger partial charge in [0.1, 0.15) is 0 Å². The Morgan fingerprint density at radius 3 is 1.56 bits per heavy atom. The topological polar surface area (TPSA) is 67.3 Å². The molecular weight excluding hydrogens is 481 g/mol. The first-order chi connectivity index (χ1) is 19.2. The molecule has 7 aliphatic rings. The van der Waals surface area contributed by atoms with Crippen molar-refractivity contribution in [3.63, 3.8) is 0 Å². The maximum Gasteiger partial charge on any atom is 0.193 e. The number of fused-ring (bicyclic) bond motifs is 4. The van der Waals surface area contributed by atoms with E-state index in [-0.39, 0.29) is 0 Å². The largest absolute Gasteiger partial charge is 0.353 e. The van der Waals surface area contributed by atoms with Gasteiger partial charge in [0.25, 0.3) is 0 Å². The fourth-order valence-electron chi connectivity index (χ4n) is 10.2. The second kappa shape index (κ2) is 8.42. The third-order valence-corrected chi connectivity index (χ3v) is 11.4. The van der Waals surface area contributed by atoms with Gasteiger partial charge in [-0.15, -0.1) is 0 Å². The lowest BCUT2D eigenvalue weighted by Gasteiger charge is -2.67. The van der Waals surface area contributed by atoms with Gasteiger partial charge in [-0.2, -0.15) is 0 Å². The van der Waals surface area contributed by atoms with Crippen molar-refractivity contribution in [1.29, 1.82) is 0 Å². The first kappa shape index (κ1) is 23.1. The molecule has 0 spiro atoms. The lowest BCUT2D eigenvalue weighted by atomic mass is 9.23. The average Bonchev–Trinajstić information content (AvgIpc) is 3.59. The molecule has 7 nitrogen and oxygen atoms in total. The van der Waals surface area contributed by atoms with Crippen LogP contribution in [0, 0.1) is 0 Å². The number of benzene rings is 2. The molecule has 7 aliphatic heterocycles. The van der Waals surface area contributed by atoms with Gasteiger partial charge in [0.05, 0.1) is 36.8 Å². The Morgan fingerprint density at radius 1 is 0.641 bits per heavy atom. The quantitative estimate of drug-likeness (QED) is 0.532. The molecular formula is C31H38BN7. The minimum Gasteiger partial charge on any atom is -0.353 e. The molecule has 5 fully saturated rings. The first-order valence-electron chi connectivity index (χ1n) is 15.2. The molecule has 7 heterocycles. The van der Waals surface area contributed by atoms with Crippen LogP contribution < -0.4 is 16.0 Å². The standard InChI is InChI=1S/C31H38BN7/c1-17-26-25-27(18(2)35-17)39-16-34-24-14-22(20-11-7-4-8-12-20)37-31(29(24)39)32(25)30-28-23(33-15-38(26)28)13-21(36-30)19-9-5-3-6-10-19/h3-12,15-18,21-31,35-37H,13-14H2,1-2H3. The normalized spacial score (nSPS) is 46.6. The van der Waals surface area contributed by atoms with Crippen LogP contribution in [0.25, 0.3) is 0 Å². The third kappa shape index (κ3) is 3.17. The van der Waals surface area contributed by atoms with Crippen molar-refractivity contribution in [2.45, 2.75) is 105 Å². The number of nitrogens with zero attached hydrogens (tertiary/aromatic N) is 4. The minimum absolute atomic E-state index is 0.336. The lowest BCUT2D eigenvalue weighted by molar-refractivity contribution is 0.0254. The van der Waals surface area contributed by atoms with Gasteiger partial charge in [-0.1, -0.05) is 60.7 Å². The summed E-state index contributed by atoms with van der Waals surface area (Å²) in [6.07, 6.45) is 6.60. The van der Waals surface area contributed by atoms with E-state index in [1.54, 1.807) is 0 Å². The van der Waals surface area contributed by atoms with Crippen molar-refractivity contribution in [2.24, 2.45) is 9.98 Å². The van der Waals surface area contributed by atoms with Gasteiger partial charge in [-0.25, -0.2) is 0 Å². The molecule has 2 aromatic rings. The molecule has 2 aromatic carbocycles. The van der Waals surface area contributed by atoms with Crippen LogP contribution in [-0.4, -0.2) is 89.4 Å². The van der Waals surface area contributed by atoms with Gasteiger partial charge in [-0.05, 0) is 43.6 Å². The van der Waals surface area contributed by atoms with Crippen LogP contribution in [0.3, 0.4) is 0 Å². The number of hydrogen-bond acceptors (Lipinski definition) is 7. The number of rotatable bonds is 2. The molecule has 5 saturated heterocycles. The van der Waals surface area contributed by atoms with Crippen LogP contribution in [0.15, 0.2) is 70.6 Å². The summed E-state index contributed by atoms with van der Waals surface area (Å²) in [7, 11) is 0. The Kier molecular flexibility index (Phi) is 4.98. The maximum atomic E-state index is 5.22. The summed E-state index contributed by atoms with van der Waals surface area (Å²) in [5, 5.41) is 12.6. The summed E-state index contributed by atoms with van der Waals surface area (Å²) >= 11 is 0. The summed E-state index contributed by atoms with van der Waals surface area (Å²) in [6.45, 7) is 5.33. The predicted octanol–water partition coefficient (Wildman–Crippen LogP) is 2.44. The SMILES string of the molecule is CC1NC(C)C2C3B(C4NC(c5ccccc5)CC5N=CN(C54)C13)C1NC(c3ccccc3)CC3N=CN2C31. The fraction of sp³-hybridized carbons (Fsp3) is 0.548. The molecule has 0 amide bonds. The Labute approximate surface area is 231 Å². The van der Waals surface area contributed by atoms with Crippen LogP contribution in [0.4, 0.5) is 0 Å². The second-order valence-corrected chi connectivity index (χ2v) is 13.2.